The molecule has 3 nitrogen and oxygen atoms in total. The van der Waals surface area contributed by atoms with E-state index < -0.39 is 7.12 Å². The molecule has 0 spiro atoms. The summed E-state index contributed by atoms with van der Waals surface area (Å²) in [6, 6.07) is 3.81. The van der Waals surface area contributed by atoms with Crippen molar-refractivity contribution in [1.29, 1.82) is 0 Å². The number of ether oxygens (including phenoxy) is 1. The Hall–Kier alpha value is -0.835. The molecule has 0 aromatic heterocycles. The van der Waals surface area contributed by atoms with Crippen LogP contribution in [0, 0.1) is 0 Å². The molecule has 0 saturated carbocycles. The summed E-state index contributed by atoms with van der Waals surface area (Å²) in [5.41, 5.74) is 3.69. The summed E-state index contributed by atoms with van der Waals surface area (Å²) in [5.74, 6) is 0. The number of methoxy groups -OCH3 is 1. The Labute approximate surface area is 123 Å². The molecule has 2 N–H and O–H groups in total. The van der Waals surface area contributed by atoms with E-state index in [2.05, 4.69) is 41.5 Å². The first-order valence-corrected chi connectivity index (χ1v) is 7.02. The molecule has 0 heterocycles. The van der Waals surface area contributed by atoms with E-state index >= 15 is 0 Å². The van der Waals surface area contributed by atoms with E-state index in [-0.39, 0.29) is 10.8 Å². The van der Waals surface area contributed by atoms with Gasteiger partial charge in [-0.3, -0.25) is 0 Å². The third-order valence-electron chi connectivity index (χ3n) is 3.47. The van der Waals surface area contributed by atoms with Gasteiger partial charge in [0, 0.05) is 7.11 Å². The Morgan fingerprint density at radius 3 is 1.90 bits per heavy atom. The maximum atomic E-state index is 9.62. The number of rotatable bonds is 3. The predicted molar refractivity (Wildman–Crippen MR) is 84.4 cm³/mol. The van der Waals surface area contributed by atoms with Crippen LogP contribution in [0.5, 0.6) is 0 Å². The van der Waals surface area contributed by atoms with Crippen molar-refractivity contribution in [1.82, 2.24) is 0 Å². The Morgan fingerprint density at radius 2 is 1.55 bits per heavy atom. The van der Waals surface area contributed by atoms with Gasteiger partial charge < -0.3 is 14.8 Å². The lowest BCUT2D eigenvalue weighted by atomic mass is 9.67. The van der Waals surface area contributed by atoms with Gasteiger partial charge in [0.05, 0.1) is 6.61 Å². The molecule has 0 aliphatic rings. The molecule has 0 bridgehead atoms. The Morgan fingerprint density at radius 1 is 1.00 bits per heavy atom. The van der Waals surface area contributed by atoms with Crippen molar-refractivity contribution >= 4 is 12.6 Å². The van der Waals surface area contributed by atoms with Gasteiger partial charge in [-0.2, -0.15) is 0 Å². The molecule has 112 valence electrons. The third kappa shape index (κ3) is 3.63. The molecule has 0 atom stereocenters. The SMILES string of the molecule is COCc1c(B(O)O)ccc(C(C)(C)C)c1C(C)(C)C. The van der Waals surface area contributed by atoms with Crippen molar-refractivity contribution < 1.29 is 14.8 Å². The summed E-state index contributed by atoms with van der Waals surface area (Å²) < 4.78 is 5.30. The maximum Gasteiger partial charge on any atom is 0.488 e. The summed E-state index contributed by atoms with van der Waals surface area (Å²) in [7, 11) is 0.152. The lowest BCUT2D eigenvalue weighted by molar-refractivity contribution is 0.183. The number of benzene rings is 1. The van der Waals surface area contributed by atoms with Crippen LogP contribution in [0.15, 0.2) is 12.1 Å². The molecular formula is C16H27BO3. The smallest absolute Gasteiger partial charge is 0.423 e. The predicted octanol–water partition coefficient (Wildman–Crippen LogP) is 2.11. The molecule has 1 rings (SSSR count). The van der Waals surface area contributed by atoms with Gasteiger partial charge in [0.25, 0.3) is 0 Å². The van der Waals surface area contributed by atoms with Crippen LogP contribution < -0.4 is 5.46 Å². The Kier molecular flexibility index (Phi) is 5.06. The molecule has 0 fully saturated rings. The molecule has 4 heteroatoms. The maximum absolute atomic E-state index is 9.62. The van der Waals surface area contributed by atoms with Crippen molar-refractivity contribution in [2.24, 2.45) is 0 Å². The third-order valence-corrected chi connectivity index (χ3v) is 3.47. The van der Waals surface area contributed by atoms with E-state index in [0.29, 0.717) is 12.1 Å². The Balaban J connectivity index is 3.71. The van der Waals surface area contributed by atoms with Crippen molar-refractivity contribution in [3.63, 3.8) is 0 Å². The second-order valence-corrected chi connectivity index (χ2v) is 7.36. The molecule has 20 heavy (non-hydrogen) atoms. The van der Waals surface area contributed by atoms with Gasteiger partial charge >= 0.3 is 7.12 Å². The van der Waals surface area contributed by atoms with Gasteiger partial charge in [0.15, 0.2) is 0 Å². The van der Waals surface area contributed by atoms with E-state index in [0.717, 1.165) is 11.1 Å². The van der Waals surface area contributed by atoms with E-state index in [9.17, 15) is 10.0 Å². The van der Waals surface area contributed by atoms with Crippen LogP contribution in [0.2, 0.25) is 0 Å². The zero-order valence-corrected chi connectivity index (χ0v) is 13.7. The van der Waals surface area contributed by atoms with Crippen LogP contribution in [-0.4, -0.2) is 24.3 Å². The molecule has 1 aromatic carbocycles. The first-order valence-electron chi connectivity index (χ1n) is 7.02. The van der Waals surface area contributed by atoms with Crippen LogP contribution in [-0.2, 0) is 22.2 Å². The zero-order valence-electron chi connectivity index (χ0n) is 13.7. The minimum Gasteiger partial charge on any atom is -0.423 e. The lowest BCUT2D eigenvalue weighted by Crippen LogP contribution is -2.37. The minimum absolute atomic E-state index is 0.00988. The minimum atomic E-state index is -1.48. The lowest BCUT2D eigenvalue weighted by Gasteiger charge is -2.33. The fraction of sp³-hybridized carbons (Fsp3) is 0.625. The van der Waals surface area contributed by atoms with Gasteiger partial charge in [0.2, 0.25) is 0 Å². The summed E-state index contributed by atoms with van der Waals surface area (Å²) in [4.78, 5) is 0. The van der Waals surface area contributed by atoms with Gasteiger partial charge in [-0.1, -0.05) is 53.7 Å². The topological polar surface area (TPSA) is 49.7 Å². The summed E-state index contributed by atoms with van der Waals surface area (Å²) in [6.45, 7) is 13.3. The van der Waals surface area contributed by atoms with Crippen molar-refractivity contribution in [3.8, 4) is 0 Å². The second kappa shape index (κ2) is 5.88. The fourth-order valence-electron chi connectivity index (χ4n) is 2.69. The molecule has 0 aliphatic heterocycles. The molecule has 0 saturated heterocycles. The van der Waals surface area contributed by atoms with Crippen molar-refractivity contribution in [3.05, 3.63) is 28.8 Å². The van der Waals surface area contributed by atoms with Crippen LogP contribution in [0.1, 0.15) is 58.2 Å². The molecule has 0 radical (unpaired) electrons. The summed E-state index contributed by atoms with van der Waals surface area (Å²) >= 11 is 0. The highest BCUT2D eigenvalue weighted by Gasteiger charge is 2.31. The van der Waals surface area contributed by atoms with Crippen molar-refractivity contribution in [2.45, 2.75) is 59.0 Å². The molecule has 1 aromatic rings. The molecular weight excluding hydrogens is 251 g/mol. The van der Waals surface area contributed by atoms with Gasteiger partial charge in [0.1, 0.15) is 0 Å². The largest absolute Gasteiger partial charge is 0.488 e. The summed E-state index contributed by atoms with van der Waals surface area (Å²) in [6.07, 6.45) is 0. The van der Waals surface area contributed by atoms with Crippen molar-refractivity contribution in [2.75, 3.05) is 7.11 Å². The Bertz CT molecular complexity index is 468. The number of hydrogen-bond acceptors (Lipinski definition) is 3. The van der Waals surface area contributed by atoms with Gasteiger partial charge in [-0.25, -0.2) is 0 Å². The number of hydrogen-bond donors (Lipinski definition) is 2. The van der Waals surface area contributed by atoms with Crippen LogP contribution >= 0.6 is 0 Å². The van der Waals surface area contributed by atoms with E-state index in [1.54, 1.807) is 13.2 Å². The first kappa shape index (κ1) is 17.2. The standard InChI is InChI=1S/C16H27BO3/c1-15(2,3)12-8-9-13(17(18)19)11(10-20-7)14(12)16(4,5)6/h8-9,18-19H,10H2,1-7H3. The van der Waals surface area contributed by atoms with E-state index in [4.69, 9.17) is 4.74 Å². The second-order valence-electron chi connectivity index (χ2n) is 7.36. The monoisotopic (exact) mass is 278 g/mol. The van der Waals surface area contributed by atoms with Gasteiger partial charge in [-0.15, -0.1) is 0 Å². The highest BCUT2D eigenvalue weighted by Crippen LogP contribution is 2.35. The normalized spacial score (nSPS) is 12.7. The summed E-state index contributed by atoms with van der Waals surface area (Å²) in [5, 5.41) is 19.2. The van der Waals surface area contributed by atoms with Gasteiger partial charge in [-0.05, 0) is 33.0 Å². The quantitative estimate of drug-likeness (QED) is 0.833. The first-order chi connectivity index (χ1) is 9.00. The molecule has 0 unspecified atom stereocenters. The van der Waals surface area contributed by atoms with E-state index in [1.165, 1.54) is 5.56 Å². The molecule has 0 aliphatic carbocycles. The zero-order chi connectivity index (χ0) is 15.7. The average Bonchev–Trinajstić information content (AvgIpc) is 2.25. The highest BCUT2D eigenvalue weighted by molar-refractivity contribution is 6.59. The highest BCUT2D eigenvalue weighted by atomic mass is 16.5. The fourth-order valence-corrected chi connectivity index (χ4v) is 2.69. The van der Waals surface area contributed by atoms with E-state index in [1.807, 2.05) is 6.07 Å². The average molecular weight is 278 g/mol. The van der Waals surface area contributed by atoms with Crippen LogP contribution in [0.3, 0.4) is 0 Å². The van der Waals surface area contributed by atoms with Crippen LogP contribution in [0.4, 0.5) is 0 Å². The van der Waals surface area contributed by atoms with Crippen LogP contribution in [0.25, 0.3) is 0 Å². The molecule has 0 amide bonds.